The number of carbonyl (C=O) groups excluding carboxylic acids is 1. The highest BCUT2D eigenvalue weighted by atomic mass is 16.5. The summed E-state index contributed by atoms with van der Waals surface area (Å²) < 4.78 is 5.00. The van der Waals surface area contributed by atoms with Crippen molar-refractivity contribution in [2.24, 2.45) is 0 Å². The Hall–Kier alpha value is -1.83. The summed E-state index contributed by atoms with van der Waals surface area (Å²) in [6.07, 6.45) is 1.21. The molecular formula is C17H23NO3. The number of hydrogen-bond acceptors (Lipinski definition) is 3. The van der Waals surface area contributed by atoms with Crippen molar-refractivity contribution in [2.45, 2.75) is 19.8 Å². The van der Waals surface area contributed by atoms with E-state index < -0.39 is 0 Å². The van der Waals surface area contributed by atoms with E-state index in [-0.39, 0.29) is 12.5 Å². The molecule has 4 heteroatoms. The van der Waals surface area contributed by atoms with E-state index in [2.05, 4.69) is 11.8 Å². The van der Waals surface area contributed by atoms with Crippen LogP contribution in [0.2, 0.25) is 0 Å². The van der Waals surface area contributed by atoms with E-state index in [9.17, 15) is 4.79 Å². The van der Waals surface area contributed by atoms with Gasteiger partial charge >= 0.3 is 0 Å². The highest BCUT2D eigenvalue weighted by Crippen LogP contribution is 2.13. The first-order chi connectivity index (χ1) is 10.1. The van der Waals surface area contributed by atoms with E-state index in [1.807, 2.05) is 25.1 Å². The first kappa shape index (κ1) is 17.2. The third-order valence-electron chi connectivity index (χ3n) is 3.05. The Labute approximate surface area is 126 Å². The minimum Gasteiger partial charge on any atom is -0.395 e. The first-order valence-corrected chi connectivity index (χ1v) is 7.05. The van der Waals surface area contributed by atoms with Crippen molar-refractivity contribution < 1.29 is 14.6 Å². The van der Waals surface area contributed by atoms with Gasteiger partial charge in [-0.1, -0.05) is 23.5 Å². The van der Waals surface area contributed by atoms with E-state index in [1.165, 1.54) is 0 Å². The molecule has 0 saturated heterocycles. The van der Waals surface area contributed by atoms with Crippen LogP contribution in [0.25, 0.3) is 0 Å². The fourth-order valence-electron chi connectivity index (χ4n) is 1.91. The van der Waals surface area contributed by atoms with Crippen LogP contribution >= 0.6 is 0 Å². The quantitative estimate of drug-likeness (QED) is 0.642. The van der Waals surface area contributed by atoms with Gasteiger partial charge in [-0.25, -0.2) is 0 Å². The maximum Gasteiger partial charge on any atom is 0.254 e. The van der Waals surface area contributed by atoms with Crippen LogP contribution in [0.4, 0.5) is 0 Å². The van der Waals surface area contributed by atoms with Crippen molar-refractivity contribution in [3.8, 4) is 11.8 Å². The van der Waals surface area contributed by atoms with Crippen molar-refractivity contribution in [1.82, 2.24) is 4.90 Å². The molecule has 0 saturated carbocycles. The summed E-state index contributed by atoms with van der Waals surface area (Å²) in [5.41, 5.74) is 2.34. The fourth-order valence-corrected chi connectivity index (χ4v) is 1.91. The van der Waals surface area contributed by atoms with Gasteiger partial charge in [-0.15, -0.1) is 0 Å². The van der Waals surface area contributed by atoms with Crippen LogP contribution in [-0.4, -0.2) is 49.8 Å². The number of rotatable bonds is 6. The lowest BCUT2D eigenvalue weighted by molar-refractivity contribution is 0.0779. The molecule has 0 aliphatic carbocycles. The molecule has 1 rings (SSSR count). The molecule has 1 aromatic carbocycles. The minimum atomic E-state index is -0.0388. The van der Waals surface area contributed by atoms with Crippen LogP contribution in [0.5, 0.6) is 0 Å². The van der Waals surface area contributed by atoms with Crippen LogP contribution < -0.4 is 0 Å². The van der Waals surface area contributed by atoms with Gasteiger partial charge in [-0.3, -0.25) is 4.79 Å². The molecule has 21 heavy (non-hydrogen) atoms. The Morgan fingerprint density at radius 3 is 2.86 bits per heavy atom. The largest absolute Gasteiger partial charge is 0.395 e. The van der Waals surface area contributed by atoms with Crippen LogP contribution in [0, 0.1) is 18.8 Å². The third kappa shape index (κ3) is 5.58. The number of ether oxygens (including phenoxy) is 1. The zero-order valence-electron chi connectivity index (χ0n) is 13.0. The lowest BCUT2D eigenvalue weighted by Gasteiger charge is -2.18. The molecule has 0 heterocycles. The van der Waals surface area contributed by atoms with Gasteiger partial charge in [0.05, 0.1) is 12.2 Å². The Bertz CT molecular complexity index is 529. The zero-order chi connectivity index (χ0) is 15.7. The molecule has 0 aromatic heterocycles. The normalized spacial score (nSPS) is 9.90. The molecule has 0 aliphatic rings. The molecular weight excluding hydrogens is 266 g/mol. The van der Waals surface area contributed by atoms with Crippen molar-refractivity contribution >= 4 is 5.91 Å². The topological polar surface area (TPSA) is 49.8 Å². The highest BCUT2D eigenvalue weighted by Gasteiger charge is 2.15. The second-order valence-electron chi connectivity index (χ2n) is 4.90. The lowest BCUT2D eigenvalue weighted by atomic mass is 10.0. The summed E-state index contributed by atoms with van der Waals surface area (Å²) >= 11 is 0. The molecule has 4 nitrogen and oxygen atoms in total. The molecule has 1 aromatic rings. The Kier molecular flexibility index (Phi) is 7.52. The summed E-state index contributed by atoms with van der Waals surface area (Å²) in [4.78, 5) is 14.2. The van der Waals surface area contributed by atoms with Crippen LogP contribution in [0.15, 0.2) is 18.2 Å². The molecule has 1 amide bonds. The van der Waals surface area contributed by atoms with E-state index in [0.717, 1.165) is 12.0 Å². The van der Waals surface area contributed by atoms with Gasteiger partial charge in [0.1, 0.15) is 0 Å². The predicted molar refractivity (Wildman–Crippen MR) is 83.2 cm³/mol. The average Bonchev–Trinajstić information content (AvgIpc) is 2.48. The monoisotopic (exact) mass is 289 g/mol. The summed E-state index contributed by atoms with van der Waals surface area (Å²) in [5.74, 6) is 5.79. The second-order valence-corrected chi connectivity index (χ2v) is 4.90. The van der Waals surface area contributed by atoms with Gasteiger partial charge in [0, 0.05) is 39.3 Å². The maximum atomic E-state index is 12.5. The number of methoxy groups -OCH3 is 1. The molecule has 1 N–H and O–H groups in total. The second kappa shape index (κ2) is 9.17. The molecule has 114 valence electrons. The summed E-state index contributed by atoms with van der Waals surface area (Å²) in [6.45, 7) is 3.25. The van der Waals surface area contributed by atoms with Gasteiger partial charge in [0.25, 0.3) is 5.91 Å². The van der Waals surface area contributed by atoms with Gasteiger partial charge in [-0.05, 0) is 25.5 Å². The molecule has 0 aliphatic heterocycles. The minimum absolute atomic E-state index is 0.0268. The molecule has 0 fully saturated rings. The smallest absolute Gasteiger partial charge is 0.254 e. The fraction of sp³-hybridized carbons (Fsp3) is 0.471. The average molecular weight is 289 g/mol. The van der Waals surface area contributed by atoms with Gasteiger partial charge < -0.3 is 14.7 Å². The van der Waals surface area contributed by atoms with Gasteiger partial charge in [-0.2, -0.15) is 0 Å². The molecule has 0 atom stereocenters. The van der Waals surface area contributed by atoms with Crippen molar-refractivity contribution in [2.75, 3.05) is 33.9 Å². The molecule has 0 bridgehead atoms. The number of aliphatic hydroxyl groups is 1. The lowest BCUT2D eigenvalue weighted by Crippen LogP contribution is -2.29. The number of aryl methyl sites for hydroxylation is 1. The van der Waals surface area contributed by atoms with E-state index in [4.69, 9.17) is 9.84 Å². The molecule has 0 spiro atoms. The first-order valence-electron chi connectivity index (χ1n) is 7.05. The van der Waals surface area contributed by atoms with E-state index in [0.29, 0.717) is 30.7 Å². The van der Waals surface area contributed by atoms with Crippen LogP contribution in [-0.2, 0) is 4.74 Å². The summed E-state index contributed by atoms with van der Waals surface area (Å²) in [7, 11) is 3.43. The Morgan fingerprint density at radius 2 is 2.19 bits per heavy atom. The van der Waals surface area contributed by atoms with Gasteiger partial charge in [0.2, 0.25) is 0 Å². The predicted octanol–water partition coefficient (Wildman–Crippen LogP) is 1.84. The number of amides is 1. The van der Waals surface area contributed by atoms with E-state index in [1.54, 1.807) is 19.1 Å². The summed E-state index contributed by atoms with van der Waals surface area (Å²) in [5, 5.41) is 8.79. The maximum absolute atomic E-state index is 12.5. The number of benzene rings is 1. The third-order valence-corrected chi connectivity index (χ3v) is 3.05. The van der Waals surface area contributed by atoms with Gasteiger partial charge in [0.15, 0.2) is 0 Å². The van der Waals surface area contributed by atoms with E-state index >= 15 is 0 Å². The molecule has 0 unspecified atom stereocenters. The summed E-state index contributed by atoms with van der Waals surface area (Å²) in [6, 6.07) is 5.65. The number of aliphatic hydroxyl groups excluding tert-OH is 1. The number of nitrogens with zero attached hydrogens (tertiary/aromatic N) is 1. The Balaban J connectivity index is 2.91. The van der Waals surface area contributed by atoms with Crippen molar-refractivity contribution in [1.29, 1.82) is 0 Å². The number of carbonyl (C=O) groups is 1. The Morgan fingerprint density at radius 1 is 1.43 bits per heavy atom. The van der Waals surface area contributed by atoms with Crippen LogP contribution in [0.3, 0.4) is 0 Å². The SMILES string of the molecule is COCCCN(C)C(=O)c1cc(C)ccc1C#CCCO. The van der Waals surface area contributed by atoms with Crippen molar-refractivity contribution in [3.63, 3.8) is 0 Å². The zero-order valence-corrected chi connectivity index (χ0v) is 13.0. The van der Waals surface area contributed by atoms with Crippen LogP contribution in [0.1, 0.15) is 34.3 Å². The molecule has 0 radical (unpaired) electrons. The number of hydrogen-bond donors (Lipinski definition) is 1. The standard InChI is InChI=1S/C17H23NO3/c1-14-8-9-15(7-4-5-11-19)16(13-14)17(20)18(2)10-6-12-21-3/h8-9,13,19H,5-6,10-12H2,1-3H3. The van der Waals surface area contributed by atoms with Crippen molar-refractivity contribution in [3.05, 3.63) is 34.9 Å². The highest BCUT2D eigenvalue weighted by molar-refractivity contribution is 5.96.